The summed E-state index contributed by atoms with van der Waals surface area (Å²) in [6.07, 6.45) is 7.23. The van der Waals surface area contributed by atoms with Crippen LogP contribution in [0.25, 0.3) is 0 Å². The maximum absolute atomic E-state index is 11.7. The molecule has 0 aliphatic carbocycles. The van der Waals surface area contributed by atoms with Crippen LogP contribution in [0.4, 0.5) is 0 Å². The Labute approximate surface area is 223 Å². The molecular weight excluding hydrogens is 484 g/mol. The zero-order chi connectivity index (χ0) is 26.5. The van der Waals surface area contributed by atoms with Crippen molar-refractivity contribution in [3.63, 3.8) is 0 Å². The number of unbranched alkanes of at least 4 members (excludes halogenated alkanes) is 5. The summed E-state index contributed by atoms with van der Waals surface area (Å²) in [5, 5.41) is 28.9. The van der Waals surface area contributed by atoms with Crippen molar-refractivity contribution >= 4 is 23.7 Å². The Morgan fingerprint density at radius 1 is 0.676 bits per heavy atom. The molecule has 0 aromatic heterocycles. The van der Waals surface area contributed by atoms with Crippen LogP contribution < -0.4 is 0 Å². The number of thioether (sulfide) groups is 1. The molecule has 0 saturated carbocycles. The molecule has 0 spiro atoms. The summed E-state index contributed by atoms with van der Waals surface area (Å²) in [5.74, 6) is -2.02. The van der Waals surface area contributed by atoms with Crippen LogP contribution in [0.2, 0.25) is 0 Å². The first-order valence-corrected chi connectivity index (χ1v) is 14.0. The Morgan fingerprint density at radius 2 is 1.24 bits per heavy atom. The number of aryl methyl sites for hydroxylation is 2. The number of rotatable bonds is 16. The number of carboxylic acid groups (broad SMARTS) is 2. The van der Waals surface area contributed by atoms with Crippen molar-refractivity contribution in [1.82, 2.24) is 0 Å². The van der Waals surface area contributed by atoms with Gasteiger partial charge >= 0.3 is 11.9 Å². The van der Waals surface area contributed by atoms with Gasteiger partial charge in [-0.25, -0.2) is 9.59 Å². The number of carboxylic acids is 2. The lowest BCUT2D eigenvalue weighted by Gasteiger charge is -2.23. The summed E-state index contributed by atoms with van der Waals surface area (Å²) in [6.45, 7) is 0. The van der Waals surface area contributed by atoms with Crippen molar-refractivity contribution in [3.8, 4) is 0 Å². The molecule has 3 rings (SSSR count). The third kappa shape index (κ3) is 9.06. The molecular formula is C31H36O5S. The molecule has 2 unspecified atom stereocenters. The van der Waals surface area contributed by atoms with E-state index in [2.05, 4.69) is 24.3 Å². The zero-order valence-corrected chi connectivity index (χ0v) is 21.9. The van der Waals surface area contributed by atoms with E-state index < -0.39 is 23.3 Å². The van der Waals surface area contributed by atoms with Gasteiger partial charge in [-0.3, -0.25) is 0 Å². The molecule has 0 heterocycles. The zero-order valence-electron chi connectivity index (χ0n) is 21.1. The predicted molar refractivity (Wildman–Crippen MR) is 149 cm³/mol. The highest BCUT2D eigenvalue weighted by Gasteiger charge is 2.29. The van der Waals surface area contributed by atoms with Crippen molar-refractivity contribution < 1.29 is 24.9 Å². The fraction of sp³-hybridized carbons (Fsp3) is 0.355. The molecule has 196 valence electrons. The van der Waals surface area contributed by atoms with Crippen LogP contribution in [0, 0.1) is 0 Å². The second kappa shape index (κ2) is 15.2. The van der Waals surface area contributed by atoms with Crippen LogP contribution in [0.3, 0.4) is 0 Å². The molecule has 37 heavy (non-hydrogen) atoms. The SMILES string of the molecule is O=C(O)c1ccccc1CSC(c1ccccc1CCCCCCCCc1ccccc1)C(O)C(=O)O. The summed E-state index contributed by atoms with van der Waals surface area (Å²) < 4.78 is 0. The molecule has 3 aromatic rings. The van der Waals surface area contributed by atoms with E-state index in [0.29, 0.717) is 5.56 Å². The van der Waals surface area contributed by atoms with Crippen molar-refractivity contribution in [3.05, 3.63) is 107 Å². The molecule has 0 saturated heterocycles. The number of benzene rings is 3. The molecule has 0 aliphatic rings. The Morgan fingerprint density at radius 3 is 1.92 bits per heavy atom. The van der Waals surface area contributed by atoms with Crippen LogP contribution in [-0.4, -0.2) is 33.4 Å². The lowest BCUT2D eigenvalue weighted by Crippen LogP contribution is -2.26. The minimum atomic E-state index is -1.59. The number of carbonyl (C=O) groups is 2. The topological polar surface area (TPSA) is 94.8 Å². The number of hydrogen-bond donors (Lipinski definition) is 3. The summed E-state index contributed by atoms with van der Waals surface area (Å²) in [7, 11) is 0. The molecule has 3 aromatic carbocycles. The summed E-state index contributed by atoms with van der Waals surface area (Å²) in [4.78, 5) is 23.3. The maximum atomic E-state index is 11.7. The second-order valence-corrected chi connectivity index (χ2v) is 10.4. The monoisotopic (exact) mass is 520 g/mol. The van der Waals surface area contributed by atoms with E-state index in [-0.39, 0.29) is 11.3 Å². The molecule has 0 radical (unpaired) electrons. The number of aliphatic hydroxyl groups excluding tert-OH is 1. The van der Waals surface area contributed by atoms with Crippen LogP contribution in [0.5, 0.6) is 0 Å². The predicted octanol–water partition coefficient (Wildman–Crippen LogP) is 6.93. The highest BCUT2D eigenvalue weighted by atomic mass is 32.2. The fourth-order valence-electron chi connectivity index (χ4n) is 4.55. The van der Waals surface area contributed by atoms with Crippen molar-refractivity contribution in [2.75, 3.05) is 0 Å². The van der Waals surface area contributed by atoms with Gasteiger partial charge in [0, 0.05) is 5.75 Å². The van der Waals surface area contributed by atoms with Gasteiger partial charge in [0.25, 0.3) is 0 Å². The average Bonchev–Trinajstić information content (AvgIpc) is 2.91. The second-order valence-electron chi connectivity index (χ2n) is 9.28. The molecule has 0 aliphatic heterocycles. The Balaban J connectivity index is 1.55. The normalized spacial score (nSPS) is 12.7. The molecule has 3 N–H and O–H groups in total. The average molecular weight is 521 g/mol. The minimum absolute atomic E-state index is 0.190. The standard InChI is InChI=1S/C31H36O5S/c32-28(31(35)36)29(37-22-25-19-11-13-21-27(25)30(33)34)26-20-12-10-18-24(26)17-9-4-2-1-3-6-14-23-15-7-5-8-16-23/h5,7-8,10-13,15-16,18-21,28-29,32H,1-4,6,9,14,17,22H2,(H,33,34)(H,35,36). The summed E-state index contributed by atoms with van der Waals surface area (Å²) in [6, 6.07) is 24.9. The van der Waals surface area contributed by atoms with Crippen molar-refractivity contribution in [2.24, 2.45) is 0 Å². The van der Waals surface area contributed by atoms with Gasteiger partial charge < -0.3 is 15.3 Å². The highest BCUT2D eigenvalue weighted by molar-refractivity contribution is 7.98. The van der Waals surface area contributed by atoms with Gasteiger partial charge in [-0.15, -0.1) is 11.8 Å². The van der Waals surface area contributed by atoms with E-state index in [4.69, 9.17) is 0 Å². The third-order valence-electron chi connectivity index (χ3n) is 6.57. The number of aromatic carboxylic acids is 1. The maximum Gasteiger partial charge on any atom is 0.335 e. The quantitative estimate of drug-likeness (QED) is 0.177. The van der Waals surface area contributed by atoms with Crippen molar-refractivity contribution in [2.45, 2.75) is 68.5 Å². The first-order chi connectivity index (χ1) is 18.0. The molecule has 0 fully saturated rings. The third-order valence-corrected chi connectivity index (χ3v) is 7.92. The fourth-order valence-corrected chi connectivity index (χ4v) is 5.87. The Bertz CT molecular complexity index is 1130. The number of aliphatic carboxylic acids is 1. The van der Waals surface area contributed by atoms with Gasteiger partial charge in [-0.05, 0) is 54.0 Å². The molecule has 0 amide bonds. The molecule has 6 heteroatoms. The highest BCUT2D eigenvalue weighted by Crippen LogP contribution is 2.37. The van der Waals surface area contributed by atoms with Crippen molar-refractivity contribution in [1.29, 1.82) is 0 Å². The van der Waals surface area contributed by atoms with E-state index in [9.17, 15) is 24.9 Å². The van der Waals surface area contributed by atoms with Gasteiger partial charge in [0.15, 0.2) is 6.10 Å². The first kappa shape index (κ1) is 28.5. The first-order valence-electron chi connectivity index (χ1n) is 12.9. The van der Waals surface area contributed by atoms with Crippen LogP contribution in [0.15, 0.2) is 78.9 Å². The Hall–Kier alpha value is -3.09. The molecule has 0 bridgehead atoms. The largest absolute Gasteiger partial charge is 0.479 e. The lowest BCUT2D eigenvalue weighted by molar-refractivity contribution is -0.146. The van der Waals surface area contributed by atoms with Crippen LogP contribution in [-0.2, 0) is 23.4 Å². The minimum Gasteiger partial charge on any atom is -0.479 e. The van der Waals surface area contributed by atoms with Crippen LogP contribution >= 0.6 is 11.8 Å². The van der Waals surface area contributed by atoms with E-state index in [1.165, 1.54) is 49.1 Å². The van der Waals surface area contributed by atoms with E-state index in [1.54, 1.807) is 18.2 Å². The van der Waals surface area contributed by atoms with E-state index in [0.717, 1.165) is 36.8 Å². The van der Waals surface area contributed by atoms with Gasteiger partial charge in [0.2, 0.25) is 0 Å². The number of hydrogen-bond acceptors (Lipinski definition) is 4. The number of aliphatic hydroxyl groups is 1. The Kier molecular flexibility index (Phi) is 11.7. The van der Waals surface area contributed by atoms with Crippen LogP contribution in [0.1, 0.15) is 76.4 Å². The van der Waals surface area contributed by atoms with Gasteiger partial charge in [0.1, 0.15) is 0 Å². The molecule has 2 atom stereocenters. The summed E-state index contributed by atoms with van der Waals surface area (Å²) >= 11 is 1.27. The van der Waals surface area contributed by atoms with Gasteiger partial charge in [0.05, 0.1) is 10.8 Å². The van der Waals surface area contributed by atoms with Gasteiger partial charge in [-0.1, -0.05) is 98.5 Å². The van der Waals surface area contributed by atoms with E-state index >= 15 is 0 Å². The lowest BCUT2D eigenvalue weighted by atomic mass is 9.96. The molecule has 5 nitrogen and oxygen atoms in total. The van der Waals surface area contributed by atoms with Gasteiger partial charge in [-0.2, -0.15) is 0 Å². The van der Waals surface area contributed by atoms with E-state index in [1.807, 2.05) is 30.3 Å². The summed E-state index contributed by atoms with van der Waals surface area (Å²) in [5.41, 5.74) is 4.03. The smallest absolute Gasteiger partial charge is 0.335 e.